The van der Waals surface area contributed by atoms with Gasteiger partial charge in [-0.2, -0.15) is 0 Å². The van der Waals surface area contributed by atoms with Gasteiger partial charge in [-0.15, -0.1) is 0 Å². The van der Waals surface area contributed by atoms with Crippen LogP contribution in [0.1, 0.15) is 53.9 Å². The maximum Gasteiger partial charge on any atom is 0.235 e. The van der Waals surface area contributed by atoms with E-state index in [1.165, 1.54) is 17.7 Å². The van der Waals surface area contributed by atoms with Crippen molar-refractivity contribution in [1.29, 1.82) is 0 Å². The standard InChI is InChI=1S/C24H35NO4/c1-13(2)10-18-22-16(5)15(4)12-17-11-14(3)6-7-19(26)20(27)8-9-21(28)24(17,22)23(29)25-18/h8-9,11-13,16-20,22,26-27H,6-7,10H2,1-5H3,(H,25,29)/b9-8+,14-11+/t16-,17-,18-,19-,20+,22+,24+/m0/s1. The molecule has 0 aromatic rings. The molecule has 0 aromatic heterocycles. The van der Waals surface area contributed by atoms with Crippen molar-refractivity contribution < 1.29 is 19.8 Å². The van der Waals surface area contributed by atoms with Crippen molar-refractivity contribution in [3.8, 4) is 0 Å². The first kappa shape index (κ1) is 22.0. The first-order valence-electron chi connectivity index (χ1n) is 10.8. The molecule has 2 aliphatic carbocycles. The number of carbonyl (C=O) groups is 2. The van der Waals surface area contributed by atoms with E-state index < -0.39 is 17.6 Å². The lowest BCUT2D eigenvalue weighted by molar-refractivity contribution is -0.142. The zero-order chi connectivity index (χ0) is 21.5. The number of carbonyl (C=O) groups excluding carboxylic acids is 2. The third-order valence-corrected chi connectivity index (χ3v) is 7.15. The average molecular weight is 402 g/mol. The molecule has 0 saturated carbocycles. The van der Waals surface area contributed by atoms with Gasteiger partial charge in [-0.05, 0) is 51.0 Å². The van der Waals surface area contributed by atoms with Crippen molar-refractivity contribution in [2.75, 3.05) is 0 Å². The van der Waals surface area contributed by atoms with E-state index in [4.69, 9.17) is 0 Å². The van der Waals surface area contributed by atoms with E-state index in [1.807, 2.05) is 13.0 Å². The summed E-state index contributed by atoms with van der Waals surface area (Å²) in [5.41, 5.74) is 1.02. The largest absolute Gasteiger partial charge is 0.390 e. The molecule has 1 saturated heterocycles. The number of aliphatic hydroxyl groups excluding tert-OH is 2. The van der Waals surface area contributed by atoms with Gasteiger partial charge in [0.25, 0.3) is 0 Å². The Hall–Kier alpha value is -1.72. The first-order valence-corrected chi connectivity index (χ1v) is 10.8. The minimum absolute atomic E-state index is 0.0599. The molecule has 1 aliphatic heterocycles. The third-order valence-electron chi connectivity index (χ3n) is 7.15. The number of hydrogen-bond acceptors (Lipinski definition) is 4. The Morgan fingerprint density at radius 1 is 1.21 bits per heavy atom. The number of hydrogen-bond donors (Lipinski definition) is 3. The molecule has 1 amide bonds. The lowest BCUT2D eigenvalue weighted by Crippen LogP contribution is -2.51. The fourth-order valence-corrected chi connectivity index (χ4v) is 5.53. The Morgan fingerprint density at radius 3 is 2.55 bits per heavy atom. The molecule has 1 spiro atoms. The number of amides is 1. The van der Waals surface area contributed by atoms with E-state index in [-0.39, 0.29) is 35.5 Å². The Labute approximate surface area is 174 Å². The van der Waals surface area contributed by atoms with Crippen LogP contribution < -0.4 is 5.32 Å². The quantitative estimate of drug-likeness (QED) is 0.490. The van der Waals surface area contributed by atoms with Gasteiger partial charge in [0.1, 0.15) is 5.41 Å². The van der Waals surface area contributed by atoms with Crippen molar-refractivity contribution in [1.82, 2.24) is 5.32 Å². The summed E-state index contributed by atoms with van der Waals surface area (Å²) >= 11 is 0. The first-order chi connectivity index (χ1) is 13.6. The maximum atomic E-state index is 13.6. The molecule has 0 radical (unpaired) electrons. The summed E-state index contributed by atoms with van der Waals surface area (Å²) in [4.78, 5) is 27.1. The van der Waals surface area contributed by atoms with E-state index in [2.05, 4.69) is 39.1 Å². The summed E-state index contributed by atoms with van der Waals surface area (Å²) in [7, 11) is 0. The average Bonchev–Trinajstić information content (AvgIpc) is 2.93. The highest BCUT2D eigenvalue weighted by molar-refractivity contribution is 6.13. The molecular formula is C24H35NO4. The van der Waals surface area contributed by atoms with Gasteiger partial charge < -0.3 is 15.5 Å². The summed E-state index contributed by atoms with van der Waals surface area (Å²) in [5.74, 6) is -0.455. The molecule has 3 rings (SSSR count). The van der Waals surface area contributed by atoms with E-state index in [1.54, 1.807) is 0 Å². The van der Waals surface area contributed by atoms with Gasteiger partial charge in [0.2, 0.25) is 5.91 Å². The number of aliphatic hydroxyl groups is 2. The van der Waals surface area contributed by atoms with Crippen LogP contribution in [0.3, 0.4) is 0 Å². The minimum Gasteiger partial charge on any atom is -0.390 e. The molecule has 5 heteroatoms. The fourth-order valence-electron chi connectivity index (χ4n) is 5.53. The summed E-state index contributed by atoms with van der Waals surface area (Å²) in [6.07, 6.45) is 6.60. The molecular weight excluding hydrogens is 366 g/mol. The predicted octanol–water partition coefficient (Wildman–Crippen LogP) is 2.93. The SMILES string of the molecule is CC1=C[C@@H]2/C=C(\C)CC[C@H](O)[C@H](O)/C=C/C(=O)[C@]23C(=O)N[C@@H](CC(C)C)[C@H]3[C@H]1C. The molecule has 3 aliphatic rings. The van der Waals surface area contributed by atoms with Gasteiger partial charge in [-0.25, -0.2) is 0 Å². The number of rotatable bonds is 2. The molecule has 3 N–H and O–H groups in total. The number of allylic oxidation sites excluding steroid dienone is 5. The monoisotopic (exact) mass is 401 g/mol. The summed E-state index contributed by atoms with van der Waals surface area (Å²) in [6.45, 7) is 10.4. The number of ketones is 1. The lowest BCUT2D eigenvalue weighted by Gasteiger charge is -2.44. The lowest BCUT2D eigenvalue weighted by atomic mass is 9.55. The van der Waals surface area contributed by atoms with Crippen LogP contribution in [0.4, 0.5) is 0 Å². The molecule has 1 fully saturated rings. The van der Waals surface area contributed by atoms with Crippen molar-refractivity contribution in [3.63, 3.8) is 0 Å². The third kappa shape index (κ3) is 3.75. The second kappa shape index (κ2) is 8.19. The summed E-state index contributed by atoms with van der Waals surface area (Å²) in [5, 5.41) is 23.6. The van der Waals surface area contributed by atoms with Crippen LogP contribution in [-0.2, 0) is 9.59 Å². The van der Waals surface area contributed by atoms with Crippen LogP contribution in [0.25, 0.3) is 0 Å². The van der Waals surface area contributed by atoms with Crippen LogP contribution in [-0.4, -0.2) is 40.2 Å². The number of nitrogens with one attached hydrogen (secondary N) is 1. The molecule has 160 valence electrons. The highest BCUT2D eigenvalue weighted by Crippen LogP contribution is 2.55. The van der Waals surface area contributed by atoms with Gasteiger partial charge in [-0.1, -0.05) is 50.1 Å². The van der Waals surface area contributed by atoms with E-state index in [0.29, 0.717) is 18.8 Å². The summed E-state index contributed by atoms with van der Waals surface area (Å²) in [6, 6.07) is -0.0599. The van der Waals surface area contributed by atoms with Gasteiger partial charge in [-0.3, -0.25) is 9.59 Å². The van der Waals surface area contributed by atoms with Crippen molar-refractivity contribution in [2.24, 2.45) is 29.1 Å². The van der Waals surface area contributed by atoms with Crippen molar-refractivity contribution in [2.45, 2.75) is 72.1 Å². The minimum atomic E-state index is -1.20. The highest BCUT2D eigenvalue weighted by atomic mass is 16.3. The molecule has 0 bridgehead atoms. The van der Waals surface area contributed by atoms with Crippen molar-refractivity contribution in [3.05, 3.63) is 35.5 Å². The Balaban J connectivity index is 2.20. The topological polar surface area (TPSA) is 86.6 Å². The highest BCUT2D eigenvalue weighted by Gasteiger charge is 2.64. The molecule has 0 aromatic carbocycles. The zero-order valence-corrected chi connectivity index (χ0v) is 18.2. The fraction of sp³-hybridized carbons (Fsp3) is 0.667. The second-order valence-electron chi connectivity index (χ2n) is 9.66. The molecule has 1 heterocycles. The smallest absolute Gasteiger partial charge is 0.235 e. The summed E-state index contributed by atoms with van der Waals surface area (Å²) < 4.78 is 0. The predicted molar refractivity (Wildman–Crippen MR) is 113 cm³/mol. The van der Waals surface area contributed by atoms with Gasteiger partial charge in [0.05, 0.1) is 12.2 Å². The molecule has 5 nitrogen and oxygen atoms in total. The van der Waals surface area contributed by atoms with E-state index in [9.17, 15) is 19.8 Å². The zero-order valence-electron chi connectivity index (χ0n) is 18.2. The Bertz CT molecular complexity index is 765. The van der Waals surface area contributed by atoms with Gasteiger partial charge in [0, 0.05) is 17.9 Å². The van der Waals surface area contributed by atoms with Crippen LogP contribution in [0.2, 0.25) is 0 Å². The van der Waals surface area contributed by atoms with Crippen LogP contribution in [0, 0.1) is 29.1 Å². The van der Waals surface area contributed by atoms with Crippen LogP contribution >= 0.6 is 0 Å². The molecule has 7 atom stereocenters. The second-order valence-corrected chi connectivity index (χ2v) is 9.66. The van der Waals surface area contributed by atoms with Crippen LogP contribution in [0.15, 0.2) is 35.5 Å². The van der Waals surface area contributed by atoms with Crippen LogP contribution in [0.5, 0.6) is 0 Å². The van der Waals surface area contributed by atoms with Crippen molar-refractivity contribution >= 4 is 11.7 Å². The van der Waals surface area contributed by atoms with E-state index in [0.717, 1.165) is 12.0 Å². The Kier molecular flexibility index (Phi) is 6.21. The normalized spacial score (nSPS) is 43.4. The Morgan fingerprint density at radius 2 is 1.90 bits per heavy atom. The molecule has 29 heavy (non-hydrogen) atoms. The van der Waals surface area contributed by atoms with Gasteiger partial charge in [0.15, 0.2) is 5.78 Å². The van der Waals surface area contributed by atoms with E-state index >= 15 is 0 Å². The molecule has 0 unspecified atom stereocenters. The van der Waals surface area contributed by atoms with Gasteiger partial charge >= 0.3 is 0 Å². The maximum absolute atomic E-state index is 13.6.